The topological polar surface area (TPSA) is 85.8 Å². The molecule has 0 saturated carbocycles. The van der Waals surface area contributed by atoms with Crippen LogP contribution in [0.1, 0.15) is 38.7 Å². The Kier molecular flexibility index (Phi) is 8.78. The number of nitrogens with one attached hydrogen (secondary N) is 3. The van der Waals surface area contributed by atoms with Crippen molar-refractivity contribution in [3.8, 4) is 0 Å². The molecule has 1 aromatic carbocycles. The number of aryl methyl sites for hydroxylation is 1. The Hall–Kier alpha value is -2.57. The zero-order valence-electron chi connectivity index (χ0n) is 17.3. The Labute approximate surface area is 168 Å². The maximum absolute atomic E-state index is 12.3. The Morgan fingerprint density at radius 2 is 1.93 bits per heavy atom. The van der Waals surface area contributed by atoms with Gasteiger partial charge in [0.05, 0.1) is 0 Å². The van der Waals surface area contributed by atoms with Gasteiger partial charge >= 0.3 is 0 Å². The zero-order chi connectivity index (χ0) is 20.4. The molecule has 0 spiro atoms. The van der Waals surface area contributed by atoms with E-state index in [0.717, 1.165) is 50.5 Å². The third-order valence-corrected chi connectivity index (χ3v) is 4.99. The number of hydrogen-bond acceptors (Lipinski definition) is 3. The molecule has 7 nitrogen and oxygen atoms in total. The molecule has 2 rings (SSSR count). The molecule has 0 bridgehead atoms. The van der Waals surface area contributed by atoms with Crippen LogP contribution in [0.4, 0.5) is 5.69 Å². The predicted octanol–water partition coefficient (Wildman–Crippen LogP) is 2.00. The van der Waals surface area contributed by atoms with Crippen LogP contribution in [0.2, 0.25) is 0 Å². The molecule has 1 saturated heterocycles. The summed E-state index contributed by atoms with van der Waals surface area (Å²) in [4.78, 5) is 30.6. The van der Waals surface area contributed by atoms with Crippen molar-refractivity contribution in [2.24, 2.45) is 10.9 Å². The number of aliphatic imine (C=N–C) groups is 1. The van der Waals surface area contributed by atoms with Crippen molar-refractivity contribution in [1.82, 2.24) is 15.5 Å². The number of benzene rings is 1. The van der Waals surface area contributed by atoms with E-state index in [1.165, 1.54) is 5.56 Å². The van der Waals surface area contributed by atoms with Gasteiger partial charge in [0.15, 0.2) is 5.96 Å². The van der Waals surface area contributed by atoms with Gasteiger partial charge in [0, 0.05) is 38.8 Å². The number of carbonyl (C=O) groups excluding carboxylic acids is 2. The summed E-state index contributed by atoms with van der Waals surface area (Å²) in [6, 6.07) is 7.88. The van der Waals surface area contributed by atoms with Crippen LogP contribution in [0.3, 0.4) is 0 Å². The van der Waals surface area contributed by atoms with Gasteiger partial charge in [-0.25, -0.2) is 4.99 Å². The van der Waals surface area contributed by atoms with Gasteiger partial charge < -0.3 is 20.9 Å². The summed E-state index contributed by atoms with van der Waals surface area (Å²) in [5.74, 6) is 1.15. The molecule has 1 aliphatic heterocycles. The van der Waals surface area contributed by atoms with E-state index in [-0.39, 0.29) is 18.4 Å². The van der Waals surface area contributed by atoms with Gasteiger partial charge in [-0.2, -0.15) is 0 Å². The van der Waals surface area contributed by atoms with Crippen LogP contribution in [-0.2, 0) is 16.0 Å². The minimum Gasteiger partial charge on any atom is -0.359 e. The summed E-state index contributed by atoms with van der Waals surface area (Å²) in [6.07, 6.45) is 3.42. The number of rotatable bonds is 7. The molecule has 0 radical (unpaired) electrons. The van der Waals surface area contributed by atoms with Crippen LogP contribution in [0.15, 0.2) is 29.3 Å². The Morgan fingerprint density at radius 1 is 1.18 bits per heavy atom. The zero-order valence-corrected chi connectivity index (χ0v) is 17.3. The molecule has 1 heterocycles. The van der Waals surface area contributed by atoms with Crippen molar-refractivity contribution in [2.45, 2.75) is 39.5 Å². The van der Waals surface area contributed by atoms with Gasteiger partial charge in [0.1, 0.15) is 6.54 Å². The van der Waals surface area contributed by atoms with E-state index in [1.807, 2.05) is 31.2 Å². The van der Waals surface area contributed by atoms with Gasteiger partial charge in [0.25, 0.3) is 0 Å². The minimum atomic E-state index is -0.127. The van der Waals surface area contributed by atoms with Crippen LogP contribution in [0.5, 0.6) is 0 Å². The molecule has 7 heteroatoms. The standard InChI is InChI=1S/C21H33N5O2/c1-4-16-7-6-8-18(13-16)25-20(28)15-24-21(23-5-2)26-11-9-17(10-12-26)14-19(27)22-3/h6-8,13,17H,4-5,9-12,14-15H2,1-3H3,(H,22,27)(H,23,24)(H,25,28). The number of amides is 2. The second-order valence-electron chi connectivity index (χ2n) is 7.08. The van der Waals surface area contributed by atoms with Gasteiger partial charge in [-0.1, -0.05) is 19.1 Å². The second-order valence-corrected chi connectivity index (χ2v) is 7.08. The highest BCUT2D eigenvalue weighted by molar-refractivity contribution is 5.94. The SMILES string of the molecule is CCNC(=NCC(=O)Nc1cccc(CC)c1)N1CCC(CC(=O)NC)CC1. The van der Waals surface area contributed by atoms with E-state index < -0.39 is 0 Å². The number of carbonyl (C=O) groups is 2. The Bertz CT molecular complexity index is 681. The third-order valence-electron chi connectivity index (χ3n) is 4.99. The third kappa shape index (κ3) is 6.87. The summed E-state index contributed by atoms with van der Waals surface area (Å²) in [5, 5.41) is 8.88. The fourth-order valence-corrected chi connectivity index (χ4v) is 3.36. The molecule has 1 aliphatic rings. The van der Waals surface area contributed by atoms with E-state index in [9.17, 15) is 9.59 Å². The molecule has 0 atom stereocenters. The fraction of sp³-hybridized carbons (Fsp3) is 0.571. The molecule has 1 fully saturated rings. The highest BCUT2D eigenvalue weighted by Gasteiger charge is 2.23. The van der Waals surface area contributed by atoms with E-state index in [1.54, 1.807) is 7.05 Å². The van der Waals surface area contributed by atoms with E-state index in [4.69, 9.17) is 0 Å². The highest BCUT2D eigenvalue weighted by atomic mass is 16.2. The van der Waals surface area contributed by atoms with Crippen LogP contribution in [0, 0.1) is 5.92 Å². The summed E-state index contributed by atoms with van der Waals surface area (Å²) < 4.78 is 0. The number of likely N-dealkylation sites (tertiary alicyclic amines) is 1. The average Bonchev–Trinajstić information content (AvgIpc) is 2.71. The van der Waals surface area contributed by atoms with E-state index in [0.29, 0.717) is 12.3 Å². The number of nitrogens with zero attached hydrogens (tertiary/aromatic N) is 2. The predicted molar refractivity (Wildman–Crippen MR) is 113 cm³/mol. The summed E-state index contributed by atoms with van der Waals surface area (Å²) in [7, 11) is 1.68. The monoisotopic (exact) mass is 387 g/mol. The molecule has 0 unspecified atom stereocenters. The van der Waals surface area contributed by atoms with Gasteiger partial charge in [-0.3, -0.25) is 9.59 Å². The molecule has 0 aliphatic carbocycles. The lowest BCUT2D eigenvalue weighted by Crippen LogP contribution is -2.46. The van der Waals surface area contributed by atoms with Gasteiger partial charge in [-0.05, 0) is 49.8 Å². The van der Waals surface area contributed by atoms with Gasteiger partial charge in [-0.15, -0.1) is 0 Å². The lowest BCUT2D eigenvalue weighted by atomic mass is 9.93. The largest absolute Gasteiger partial charge is 0.359 e. The number of hydrogen-bond donors (Lipinski definition) is 3. The number of piperidine rings is 1. The maximum atomic E-state index is 12.3. The van der Waals surface area contributed by atoms with Crippen molar-refractivity contribution in [1.29, 1.82) is 0 Å². The Balaban J connectivity index is 1.89. The van der Waals surface area contributed by atoms with Crippen LogP contribution >= 0.6 is 0 Å². The molecule has 154 valence electrons. The molecule has 0 aromatic heterocycles. The van der Waals surface area contributed by atoms with Crippen LogP contribution in [-0.4, -0.2) is 55.9 Å². The first kappa shape index (κ1) is 21.7. The van der Waals surface area contributed by atoms with Crippen LogP contribution in [0.25, 0.3) is 0 Å². The minimum absolute atomic E-state index is 0.0802. The average molecular weight is 388 g/mol. The maximum Gasteiger partial charge on any atom is 0.246 e. The number of anilines is 1. The molecule has 2 amide bonds. The lowest BCUT2D eigenvalue weighted by molar-refractivity contribution is -0.121. The van der Waals surface area contributed by atoms with Crippen molar-refractivity contribution >= 4 is 23.5 Å². The van der Waals surface area contributed by atoms with Crippen molar-refractivity contribution in [2.75, 3.05) is 38.5 Å². The first-order valence-electron chi connectivity index (χ1n) is 10.2. The molecule has 3 N–H and O–H groups in total. The van der Waals surface area contributed by atoms with Crippen LogP contribution < -0.4 is 16.0 Å². The van der Waals surface area contributed by atoms with Crippen molar-refractivity contribution in [3.63, 3.8) is 0 Å². The number of guanidine groups is 1. The molecule has 28 heavy (non-hydrogen) atoms. The van der Waals surface area contributed by atoms with E-state index in [2.05, 4.69) is 32.8 Å². The van der Waals surface area contributed by atoms with Gasteiger partial charge in [0.2, 0.25) is 11.8 Å². The van der Waals surface area contributed by atoms with Crippen molar-refractivity contribution < 1.29 is 9.59 Å². The van der Waals surface area contributed by atoms with Crippen molar-refractivity contribution in [3.05, 3.63) is 29.8 Å². The normalized spacial score (nSPS) is 15.2. The first-order chi connectivity index (χ1) is 13.5. The van der Waals surface area contributed by atoms with E-state index >= 15 is 0 Å². The smallest absolute Gasteiger partial charge is 0.246 e. The fourth-order valence-electron chi connectivity index (χ4n) is 3.36. The molecule has 1 aromatic rings. The second kappa shape index (κ2) is 11.3. The lowest BCUT2D eigenvalue weighted by Gasteiger charge is -2.34. The summed E-state index contributed by atoms with van der Waals surface area (Å²) in [5.41, 5.74) is 1.99. The quantitative estimate of drug-likeness (QED) is 0.493. The molecular weight excluding hydrogens is 354 g/mol. The highest BCUT2D eigenvalue weighted by Crippen LogP contribution is 2.20. The first-order valence-corrected chi connectivity index (χ1v) is 10.2. The summed E-state index contributed by atoms with van der Waals surface area (Å²) >= 11 is 0. The Morgan fingerprint density at radius 3 is 2.57 bits per heavy atom. The summed E-state index contributed by atoms with van der Waals surface area (Å²) in [6.45, 7) is 6.62. The molecular formula is C21H33N5O2.